The molecule has 1 aromatic carbocycles. The minimum atomic E-state index is -0.456. The topological polar surface area (TPSA) is 56.3 Å². The molecular formula is C14H11NO3S. The highest BCUT2D eigenvalue weighted by Crippen LogP contribution is 2.26. The Morgan fingerprint density at radius 1 is 1.16 bits per heavy atom. The molecule has 0 N–H and O–H groups in total. The molecule has 0 bridgehead atoms. The smallest absolute Gasteiger partial charge is 0.339 e. The predicted octanol–water partition coefficient (Wildman–Crippen LogP) is 2.80. The Kier molecular flexibility index (Phi) is 4.30. The monoisotopic (exact) mass is 273 g/mol. The first-order valence-corrected chi connectivity index (χ1v) is 6.33. The van der Waals surface area contributed by atoms with Crippen molar-refractivity contribution in [2.45, 2.75) is 4.90 Å². The number of rotatable bonds is 3. The molecule has 0 aliphatic carbocycles. The zero-order valence-electron chi connectivity index (χ0n) is 10.2. The van der Waals surface area contributed by atoms with Gasteiger partial charge in [-0.15, -0.1) is 0 Å². The van der Waals surface area contributed by atoms with Gasteiger partial charge in [-0.2, -0.15) is 0 Å². The molecule has 0 aliphatic heterocycles. The van der Waals surface area contributed by atoms with E-state index in [0.29, 0.717) is 16.0 Å². The number of benzene rings is 1. The third-order valence-corrected chi connectivity index (χ3v) is 3.39. The average molecular weight is 273 g/mol. The lowest BCUT2D eigenvalue weighted by atomic mass is 10.2. The molecule has 19 heavy (non-hydrogen) atoms. The van der Waals surface area contributed by atoms with Crippen LogP contribution in [-0.4, -0.2) is 23.2 Å². The second kappa shape index (κ2) is 6.15. The molecule has 0 saturated carbocycles. The third-order valence-electron chi connectivity index (χ3n) is 2.39. The lowest BCUT2D eigenvalue weighted by Gasteiger charge is -2.06. The van der Waals surface area contributed by atoms with E-state index in [2.05, 4.69) is 9.72 Å². The second-order valence-electron chi connectivity index (χ2n) is 3.62. The van der Waals surface area contributed by atoms with Crippen LogP contribution in [0, 0.1) is 0 Å². The van der Waals surface area contributed by atoms with Crippen LogP contribution in [0.5, 0.6) is 0 Å². The molecule has 0 aliphatic rings. The molecule has 1 aromatic heterocycles. The summed E-state index contributed by atoms with van der Waals surface area (Å²) in [5, 5.41) is -0.163. The molecule has 0 unspecified atom stereocenters. The third kappa shape index (κ3) is 3.20. The lowest BCUT2D eigenvalue weighted by molar-refractivity contribution is 0.0597. The van der Waals surface area contributed by atoms with Gasteiger partial charge in [-0.05, 0) is 36.0 Å². The van der Waals surface area contributed by atoms with Gasteiger partial charge in [0, 0.05) is 22.9 Å². The lowest BCUT2D eigenvalue weighted by Crippen LogP contribution is -2.04. The number of methoxy groups -OCH3 is 1. The van der Waals surface area contributed by atoms with Crippen LogP contribution in [0.3, 0.4) is 0 Å². The fourth-order valence-electron chi connectivity index (χ4n) is 1.48. The van der Waals surface area contributed by atoms with Crippen molar-refractivity contribution >= 4 is 22.8 Å². The summed E-state index contributed by atoms with van der Waals surface area (Å²) in [7, 11) is 1.31. The van der Waals surface area contributed by atoms with E-state index < -0.39 is 5.97 Å². The first-order valence-electron chi connectivity index (χ1n) is 5.52. The maximum absolute atomic E-state index is 12.0. The number of aromatic nitrogens is 1. The van der Waals surface area contributed by atoms with E-state index in [1.54, 1.807) is 42.6 Å². The van der Waals surface area contributed by atoms with Crippen LogP contribution in [-0.2, 0) is 4.74 Å². The Labute approximate surface area is 114 Å². The normalized spacial score (nSPS) is 9.95. The zero-order chi connectivity index (χ0) is 13.7. The number of esters is 1. The minimum absolute atomic E-state index is 0.163. The highest BCUT2D eigenvalue weighted by molar-refractivity contribution is 8.14. The molecule has 0 saturated heterocycles. The van der Waals surface area contributed by atoms with Crippen molar-refractivity contribution in [3.05, 3.63) is 59.9 Å². The minimum Gasteiger partial charge on any atom is -0.465 e. The van der Waals surface area contributed by atoms with Crippen molar-refractivity contribution in [1.82, 2.24) is 4.98 Å². The van der Waals surface area contributed by atoms with Crippen LogP contribution in [0.15, 0.2) is 53.7 Å². The van der Waals surface area contributed by atoms with E-state index in [0.717, 1.165) is 11.8 Å². The zero-order valence-corrected chi connectivity index (χ0v) is 11.0. The Balaban J connectivity index is 2.25. The van der Waals surface area contributed by atoms with Gasteiger partial charge in [0.25, 0.3) is 0 Å². The van der Waals surface area contributed by atoms with Crippen molar-refractivity contribution in [1.29, 1.82) is 0 Å². The molecule has 5 heteroatoms. The summed E-state index contributed by atoms with van der Waals surface area (Å²) in [4.78, 5) is 28.1. The molecule has 0 spiro atoms. The summed E-state index contributed by atoms with van der Waals surface area (Å²) in [5.41, 5.74) is 0.874. The van der Waals surface area contributed by atoms with Gasteiger partial charge in [-0.25, -0.2) is 4.79 Å². The highest BCUT2D eigenvalue weighted by Gasteiger charge is 2.15. The van der Waals surface area contributed by atoms with Gasteiger partial charge < -0.3 is 4.74 Å². The fourth-order valence-corrected chi connectivity index (χ4v) is 2.32. The molecule has 0 radical (unpaired) electrons. The SMILES string of the molecule is COC(=O)c1ccccc1SC(=O)c1cccnc1. The molecule has 1 heterocycles. The first kappa shape index (κ1) is 13.3. The molecule has 2 aromatic rings. The largest absolute Gasteiger partial charge is 0.465 e. The molecule has 0 amide bonds. The maximum atomic E-state index is 12.0. The molecule has 4 nitrogen and oxygen atoms in total. The summed E-state index contributed by atoms with van der Waals surface area (Å²) in [5.74, 6) is -0.456. The van der Waals surface area contributed by atoms with Crippen molar-refractivity contribution in [3.63, 3.8) is 0 Å². The summed E-state index contributed by atoms with van der Waals surface area (Å²) in [6, 6.07) is 10.2. The van der Waals surface area contributed by atoms with E-state index in [9.17, 15) is 9.59 Å². The van der Waals surface area contributed by atoms with Crippen LogP contribution in [0.2, 0.25) is 0 Å². The summed E-state index contributed by atoms with van der Waals surface area (Å²) < 4.78 is 4.69. The van der Waals surface area contributed by atoms with Crippen LogP contribution in [0.25, 0.3) is 0 Å². The van der Waals surface area contributed by atoms with Gasteiger partial charge in [-0.3, -0.25) is 9.78 Å². The van der Waals surface area contributed by atoms with E-state index >= 15 is 0 Å². The number of hydrogen-bond acceptors (Lipinski definition) is 5. The first-order chi connectivity index (χ1) is 9.22. The van der Waals surface area contributed by atoms with Crippen LogP contribution >= 0.6 is 11.8 Å². The van der Waals surface area contributed by atoms with Gasteiger partial charge in [0.1, 0.15) is 0 Å². The van der Waals surface area contributed by atoms with Gasteiger partial charge in [-0.1, -0.05) is 12.1 Å². The summed E-state index contributed by atoms with van der Waals surface area (Å²) in [6.45, 7) is 0. The van der Waals surface area contributed by atoms with Crippen LogP contribution in [0.4, 0.5) is 0 Å². The fraction of sp³-hybridized carbons (Fsp3) is 0.0714. The van der Waals surface area contributed by atoms with E-state index in [1.807, 2.05) is 0 Å². The Bertz CT molecular complexity index is 599. The van der Waals surface area contributed by atoms with E-state index in [1.165, 1.54) is 13.3 Å². The predicted molar refractivity (Wildman–Crippen MR) is 72.2 cm³/mol. The van der Waals surface area contributed by atoms with Crippen LogP contribution < -0.4 is 0 Å². The number of nitrogens with zero attached hydrogens (tertiary/aromatic N) is 1. The number of hydrogen-bond donors (Lipinski definition) is 0. The van der Waals surface area contributed by atoms with Crippen molar-refractivity contribution in [2.75, 3.05) is 7.11 Å². The van der Waals surface area contributed by atoms with Crippen LogP contribution in [0.1, 0.15) is 20.7 Å². The van der Waals surface area contributed by atoms with Gasteiger partial charge in [0.05, 0.1) is 12.7 Å². The van der Waals surface area contributed by atoms with Gasteiger partial charge >= 0.3 is 5.97 Å². The quantitative estimate of drug-likeness (QED) is 0.635. The molecule has 2 rings (SSSR count). The maximum Gasteiger partial charge on any atom is 0.339 e. The Hall–Kier alpha value is -2.14. The molecule has 96 valence electrons. The van der Waals surface area contributed by atoms with E-state index in [-0.39, 0.29) is 5.12 Å². The standard InChI is InChI=1S/C14H11NO3S/c1-18-13(16)11-6-2-3-7-12(11)19-14(17)10-5-4-8-15-9-10/h2-9H,1H3. The van der Waals surface area contributed by atoms with E-state index in [4.69, 9.17) is 0 Å². The van der Waals surface area contributed by atoms with Crippen molar-refractivity contribution < 1.29 is 14.3 Å². The molecule has 0 fully saturated rings. The number of ether oxygens (including phenoxy) is 1. The number of carbonyl (C=O) groups is 2. The number of pyridine rings is 1. The highest BCUT2D eigenvalue weighted by atomic mass is 32.2. The molecular weight excluding hydrogens is 262 g/mol. The summed E-state index contributed by atoms with van der Waals surface area (Å²) in [6.07, 6.45) is 3.10. The average Bonchev–Trinajstić information content (AvgIpc) is 2.48. The number of carbonyl (C=O) groups excluding carboxylic acids is 2. The summed E-state index contributed by atoms with van der Waals surface area (Å²) >= 11 is 0.987. The number of thioether (sulfide) groups is 1. The van der Waals surface area contributed by atoms with Crippen molar-refractivity contribution in [2.24, 2.45) is 0 Å². The Morgan fingerprint density at radius 2 is 1.95 bits per heavy atom. The van der Waals surface area contributed by atoms with Crippen molar-refractivity contribution in [3.8, 4) is 0 Å². The second-order valence-corrected chi connectivity index (χ2v) is 4.63. The van der Waals surface area contributed by atoms with Gasteiger partial charge in [0.2, 0.25) is 5.12 Å². The van der Waals surface area contributed by atoms with Gasteiger partial charge in [0.15, 0.2) is 0 Å². The molecule has 0 atom stereocenters. The Morgan fingerprint density at radius 3 is 2.63 bits per heavy atom.